The topological polar surface area (TPSA) is 64.2 Å². The molecule has 1 aliphatic rings. The first-order chi connectivity index (χ1) is 15.4. The number of rotatable bonds is 4. The zero-order valence-corrected chi connectivity index (χ0v) is 17.8. The minimum absolute atomic E-state index is 0.0884. The van der Waals surface area contributed by atoms with Gasteiger partial charge in [0.2, 0.25) is 5.91 Å². The lowest BCUT2D eigenvalue weighted by Crippen LogP contribution is -2.38. The van der Waals surface area contributed by atoms with Gasteiger partial charge >= 0.3 is 0 Å². The minimum Gasteiger partial charge on any atom is -0.463 e. The van der Waals surface area contributed by atoms with Crippen LogP contribution in [-0.2, 0) is 17.8 Å². The Bertz CT molecular complexity index is 1310. The van der Waals surface area contributed by atoms with Crippen molar-refractivity contribution in [3.8, 4) is 11.5 Å². The molecule has 32 heavy (non-hydrogen) atoms. The standard InChI is InChI=1S/C24H22F2N4O2/c1-14-7-8-19-16(11-14)5-3-9-29(19)21(31)13-30-24-22(15(2)28-30)17(23(25)26)12-18(27-24)20-6-4-10-32-20/h4,6-8,10-12,23H,3,5,9,13H2,1-2H3. The van der Waals surface area contributed by atoms with Crippen LogP contribution in [-0.4, -0.2) is 27.2 Å². The number of pyridine rings is 1. The van der Waals surface area contributed by atoms with Crippen molar-refractivity contribution in [2.24, 2.45) is 0 Å². The largest absolute Gasteiger partial charge is 0.463 e. The quantitative estimate of drug-likeness (QED) is 0.440. The molecule has 6 nitrogen and oxygen atoms in total. The zero-order chi connectivity index (χ0) is 22.4. The van der Waals surface area contributed by atoms with Gasteiger partial charge in [-0.25, -0.2) is 18.4 Å². The van der Waals surface area contributed by atoms with Crippen molar-refractivity contribution in [1.29, 1.82) is 0 Å². The Hall–Kier alpha value is -3.55. The first-order valence-corrected chi connectivity index (χ1v) is 10.5. The summed E-state index contributed by atoms with van der Waals surface area (Å²) in [7, 11) is 0. The molecule has 1 aliphatic heterocycles. The average Bonchev–Trinajstić information content (AvgIpc) is 3.41. The van der Waals surface area contributed by atoms with Gasteiger partial charge in [0.25, 0.3) is 6.43 Å². The third-order valence-electron chi connectivity index (χ3n) is 5.86. The summed E-state index contributed by atoms with van der Waals surface area (Å²) in [6.07, 6.45) is 0.553. The fourth-order valence-corrected chi connectivity index (χ4v) is 4.42. The molecule has 0 saturated heterocycles. The molecule has 1 amide bonds. The Kier molecular flexibility index (Phi) is 5.00. The fourth-order valence-electron chi connectivity index (χ4n) is 4.42. The summed E-state index contributed by atoms with van der Waals surface area (Å²) < 4.78 is 34.6. The van der Waals surface area contributed by atoms with Gasteiger partial charge in [0.1, 0.15) is 12.2 Å². The number of benzene rings is 1. The van der Waals surface area contributed by atoms with Gasteiger partial charge in [-0.05, 0) is 56.5 Å². The van der Waals surface area contributed by atoms with Crippen molar-refractivity contribution in [3.63, 3.8) is 0 Å². The molecule has 5 rings (SSSR count). The highest BCUT2D eigenvalue weighted by molar-refractivity contribution is 5.95. The van der Waals surface area contributed by atoms with Crippen molar-refractivity contribution in [3.05, 3.63) is 65.0 Å². The van der Waals surface area contributed by atoms with E-state index in [1.165, 1.54) is 17.0 Å². The predicted octanol–water partition coefficient (Wildman–Crippen LogP) is 5.23. The number of aromatic nitrogens is 3. The Morgan fingerprint density at radius 1 is 1.22 bits per heavy atom. The second kappa shape index (κ2) is 7.85. The molecule has 4 aromatic rings. The van der Waals surface area contributed by atoms with Gasteiger partial charge in [-0.2, -0.15) is 5.10 Å². The number of amides is 1. The highest BCUT2D eigenvalue weighted by Gasteiger charge is 2.26. The summed E-state index contributed by atoms with van der Waals surface area (Å²) in [6, 6.07) is 10.7. The van der Waals surface area contributed by atoms with Crippen LogP contribution < -0.4 is 4.90 Å². The van der Waals surface area contributed by atoms with E-state index < -0.39 is 6.43 Å². The van der Waals surface area contributed by atoms with Crippen molar-refractivity contribution in [2.45, 2.75) is 39.7 Å². The van der Waals surface area contributed by atoms with E-state index in [9.17, 15) is 13.6 Å². The van der Waals surface area contributed by atoms with Gasteiger partial charge in [0.15, 0.2) is 11.4 Å². The molecule has 4 heterocycles. The number of alkyl halides is 2. The van der Waals surface area contributed by atoms with Crippen molar-refractivity contribution in [2.75, 3.05) is 11.4 Å². The molecule has 164 valence electrons. The predicted molar refractivity (Wildman–Crippen MR) is 117 cm³/mol. The van der Waals surface area contributed by atoms with Gasteiger partial charge in [-0.3, -0.25) is 4.79 Å². The Morgan fingerprint density at radius 2 is 2.06 bits per heavy atom. The van der Waals surface area contributed by atoms with Crippen LogP contribution in [0, 0.1) is 13.8 Å². The number of aryl methyl sites for hydroxylation is 3. The molecule has 0 spiro atoms. The number of carbonyl (C=O) groups is 1. The van der Waals surface area contributed by atoms with E-state index in [4.69, 9.17) is 4.42 Å². The van der Waals surface area contributed by atoms with Crippen molar-refractivity contribution in [1.82, 2.24) is 14.8 Å². The third-order valence-corrected chi connectivity index (χ3v) is 5.86. The number of hydrogen-bond donors (Lipinski definition) is 0. The molecule has 0 saturated carbocycles. The number of fused-ring (bicyclic) bond motifs is 2. The molecule has 0 atom stereocenters. The Morgan fingerprint density at radius 3 is 2.81 bits per heavy atom. The molecule has 3 aromatic heterocycles. The van der Waals surface area contributed by atoms with Gasteiger partial charge in [-0.1, -0.05) is 17.7 Å². The first-order valence-electron chi connectivity index (χ1n) is 10.5. The number of carbonyl (C=O) groups excluding carboxylic acids is 1. The fraction of sp³-hybridized carbons (Fsp3) is 0.292. The number of hydrogen-bond acceptors (Lipinski definition) is 4. The lowest BCUT2D eigenvalue weighted by Gasteiger charge is -2.29. The maximum atomic E-state index is 13.9. The normalized spacial score (nSPS) is 13.7. The molecule has 1 aromatic carbocycles. The summed E-state index contributed by atoms with van der Waals surface area (Å²) >= 11 is 0. The molecule has 0 aliphatic carbocycles. The summed E-state index contributed by atoms with van der Waals surface area (Å²) in [5.41, 5.74) is 3.97. The minimum atomic E-state index is -2.71. The van der Waals surface area contributed by atoms with E-state index in [1.807, 2.05) is 19.1 Å². The SMILES string of the molecule is Cc1ccc2c(c1)CCCN2C(=O)Cn1nc(C)c2c(C(F)F)cc(-c3ccco3)nc21. The van der Waals surface area contributed by atoms with Gasteiger partial charge in [-0.15, -0.1) is 0 Å². The molecule has 0 radical (unpaired) electrons. The molecule has 0 unspecified atom stereocenters. The number of halogens is 2. The maximum absolute atomic E-state index is 13.9. The molecular weight excluding hydrogens is 414 g/mol. The second-order valence-electron chi connectivity index (χ2n) is 8.10. The summed E-state index contributed by atoms with van der Waals surface area (Å²) in [6.45, 7) is 4.21. The van der Waals surface area contributed by atoms with E-state index >= 15 is 0 Å². The lowest BCUT2D eigenvalue weighted by molar-refractivity contribution is -0.119. The van der Waals surface area contributed by atoms with Crippen LogP contribution >= 0.6 is 0 Å². The maximum Gasteiger partial charge on any atom is 0.264 e. The Labute approximate surface area is 183 Å². The Balaban J connectivity index is 1.56. The number of nitrogens with zero attached hydrogens (tertiary/aromatic N) is 4. The lowest BCUT2D eigenvalue weighted by atomic mass is 9.99. The number of anilines is 1. The van der Waals surface area contributed by atoms with Crippen LogP contribution in [0.4, 0.5) is 14.5 Å². The summed E-state index contributed by atoms with van der Waals surface area (Å²) in [4.78, 5) is 19.6. The van der Waals surface area contributed by atoms with E-state index in [0.717, 1.165) is 29.7 Å². The van der Waals surface area contributed by atoms with Crippen LogP contribution in [0.25, 0.3) is 22.5 Å². The summed E-state index contributed by atoms with van der Waals surface area (Å²) in [5.74, 6) is 0.230. The van der Waals surface area contributed by atoms with Gasteiger partial charge in [0, 0.05) is 17.8 Å². The summed E-state index contributed by atoms with van der Waals surface area (Å²) in [5, 5.41) is 4.68. The van der Waals surface area contributed by atoms with Crippen LogP contribution in [0.5, 0.6) is 0 Å². The van der Waals surface area contributed by atoms with E-state index in [-0.39, 0.29) is 34.7 Å². The number of furan rings is 1. The molecule has 8 heteroatoms. The monoisotopic (exact) mass is 436 g/mol. The third kappa shape index (κ3) is 3.45. The zero-order valence-electron chi connectivity index (χ0n) is 17.8. The average molecular weight is 436 g/mol. The van der Waals surface area contributed by atoms with Crippen LogP contribution in [0.3, 0.4) is 0 Å². The van der Waals surface area contributed by atoms with Crippen molar-refractivity contribution >= 4 is 22.6 Å². The smallest absolute Gasteiger partial charge is 0.264 e. The van der Waals surface area contributed by atoms with Crippen LogP contribution in [0.1, 0.15) is 35.2 Å². The first kappa shape index (κ1) is 20.4. The van der Waals surface area contributed by atoms with E-state index in [0.29, 0.717) is 18.0 Å². The van der Waals surface area contributed by atoms with Gasteiger partial charge < -0.3 is 9.32 Å². The van der Waals surface area contributed by atoms with Crippen molar-refractivity contribution < 1.29 is 18.0 Å². The van der Waals surface area contributed by atoms with E-state index in [2.05, 4.69) is 16.1 Å². The molecule has 0 fully saturated rings. The van der Waals surface area contributed by atoms with Crippen LogP contribution in [0.2, 0.25) is 0 Å². The van der Waals surface area contributed by atoms with Crippen LogP contribution in [0.15, 0.2) is 47.1 Å². The molecule has 0 bridgehead atoms. The molecule has 0 N–H and O–H groups in total. The van der Waals surface area contributed by atoms with Gasteiger partial charge in [0.05, 0.1) is 17.3 Å². The van der Waals surface area contributed by atoms with E-state index in [1.54, 1.807) is 24.0 Å². The molecular formula is C24H22F2N4O2. The highest BCUT2D eigenvalue weighted by Crippen LogP contribution is 2.34. The highest BCUT2D eigenvalue weighted by atomic mass is 19.3. The second-order valence-corrected chi connectivity index (χ2v) is 8.10.